The Hall–Kier alpha value is -3.05. The van der Waals surface area contributed by atoms with Crippen molar-refractivity contribution in [2.45, 2.75) is 19.4 Å². The molecule has 0 radical (unpaired) electrons. The zero-order valence-electron chi connectivity index (χ0n) is 15.2. The summed E-state index contributed by atoms with van der Waals surface area (Å²) in [6, 6.07) is 19.0. The standard InChI is InChI=1S/C22H23N3O2/c26-22(27)19-7-5-6-18(16-19)17-25(14-10-20-8-1-3-12-23-20)15-11-21-9-2-4-13-24-21/h1-9,12-13,16H,10-11,14-15,17H2,(H,26,27). The molecule has 0 aliphatic carbocycles. The van der Waals surface area contributed by atoms with Gasteiger partial charge in [-0.1, -0.05) is 24.3 Å². The van der Waals surface area contributed by atoms with Crippen LogP contribution in [0.1, 0.15) is 27.3 Å². The van der Waals surface area contributed by atoms with Crippen LogP contribution in [-0.2, 0) is 19.4 Å². The summed E-state index contributed by atoms with van der Waals surface area (Å²) in [6.07, 6.45) is 5.32. The van der Waals surface area contributed by atoms with Crippen LogP contribution in [0.25, 0.3) is 0 Å². The van der Waals surface area contributed by atoms with E-state index in [1.165, 1.54) is 0 Å². The van der Waals surface area contributed by atoms with Crippen LogP contribution in [0.3, 0.4) is 0 Å². The summed E-state index contributed by atoms with van der Waals surface area (Å²) in [4.78, 5) is 22.3. The van der Waals surface area contributed by atoms with Gasteiger partial charge in [0.05, 0.1) is 5.56 Å². The van der Waals surface area contributed by atoms with Crippen molar-refractivity contribution in [3.8, 4) is 0 Å². The van der Waals surface area contributed by atoms with E-state index in [1.54, 1.807) is 18.2 Å². The normalized spacial score (nSPS) is 10.9. The number of hydrogen-bond donors (Lipinski definition) is 1. The maximum atomic E-state index is 11.2. The Balaban J connectivity index is 1.68. The molecule has 2 aromatic heterocycles. The van der Waals surface area contributed by atoms with Crippen LogP contribution >= 0.6 is 0 Å². The van der Waals surface area contributed by atoms with Crippen molar-refractivity contribution in [3.63, 3.8) is 0 Å². The van der Waals surface area contributed by atoms with E-state index in [0.29, 0.717) is 12.1 Å². The van der Waals surface area contributed by atoms with Gasteiger partial charge in [0, 0.05) is 56.3 Å². The van der Waals surface area contributed by atoms with E-state index in [1.807, 2.05) is 54.9 Å². The number of carboxylic acids is 1. The third kappa shape index (κ3) is 6.01. The molecule has 0 saturated heterocycles. The lowest BCUT2D eigenvalue weighted by Crippen LogP contribution is -2.28. The molecule has 0 aliphatic rings. The number of pyridine rings is 2. The maximum absolute atomic E-state index is 11.2. The minimum Gasteiger partial charge on any atom is -0.478 e. The summed E-state index contributed by atoms with van der Waals surface area (Å²) in [6.45, 7) is 2.39. The number of carboxylic acid groups (broad SMARTS) is 1. The Labute approximate surface area is 159 Å². The van der Waals surface area contributed by atoms with Crippen molar-refractivity contribution >= 4 is 5.97 Å². The number of carbonyl (C=O) groups is 1. The highest BCUT2D eigenvalue weighted by molar-refractivity contribution is 5.87. The fourth-order valence-electron chi connectivity index (χ4n) is 2.97. The summed E-state index contributed by atoms with van der Waals surface area (Å²) < 4.78 is 0. The fraction of sp³-hybridized carbons (Fsp3) is 0.227. The minimum atomic E-state index is -0.898. The molecule has 3 rings (SSSR count). The van der Waals surface area contributed by atoms with Crippen LogP contribution < -0.4 is 0 Å². The topological polar surface area (TPSA) is 66.3 Å². The number of rotatable bonds is 9. The fourth-order valence-corrected chi connectivity index (χ4v) is 2.97. The Morgan fingerprint density at radius 2 is 1.48 bits per heavy atom. The van der Waals surface area contributed by atoms with Crippen molar-refractivity contribution in [3.05, 3.63) is 95.6 Å². The predicted molar refractivity (Wildman–Crippen MR) is 105 cm³/mol. The van der Waals surface area contributed by atoms with E-state index in [-0.39, 0.29) is 0 Å². The molecule has 3 aromatic rings. The summed E-state index contributed by atoms with van der Waals surface area (Å²) >= 11 is 0. The van der Waals surface area contributed by atoms with Gasteiger partial charge < -0.3 is 5.11 Å². The van der Waals surface area contributed by atoms with Crippen molar-refractivity contribution in [1.82, 2.24) is 14.9 Å². The average Bonchev–Trinajstić information content (AvgIpc) is 2.72. The average molecular weight is 361 g/mol. The second-order valence-electron chi connectivity index (χ2n) is 6.42. The van der Waals surface area contributed by atoms with E-state index < -0.39 is 5.97 Å². The first-order chi connectivity index (χ1) is 13.2. The second kappa shape index (κ2) is 9.59. The van der Waals surface area contributed by atoms with Crippen molar-refractivity contribution in [2.75, 3.05) is 13.1 Å². The van der Waals surface area contributed by atoms with E-state index in [9.17, 15) is 9.90 Å². The molecule has 1 aromatic carbocycles. The van der Waals surface area contributed by atoms with Crippen LogP contribution in [0.15, 0.2) is 73.1 Å². The molecule has 2 heterocycles. The minimum absolute atomic E-state index is 0.321. The van der Waals surface area contributed by atoms with Gasteiger partial charge in [0.2, 0.25) is 0 Å². The van der Waals surface area contributed by atoms with E-state index >= 15 is 0 Å². The van der Waals surface area contributed by atoms with Gasteiger partial charge in [-0.25, -0.2) is 4.79 Å². The lowest BCUT2D eigenvalue weighted by atomic mass is 10.1. The molecule has 0 spiro atoms. The summed E-state index contributed by atoms with van der Waals surface area (Å²) in [5.74, 6) is -0.898. The molecule has 0 fully saturated rings. The van der Waals surface area contributed by atoms with E-state index in [0.717, 1.165) is 42.9 Å². The van der Waals surface area contributed by atoms with Crippen molar-refractivity contribution in [1.29, 1.82) is 0 Å². The van der Waals surface area contributed by atoms with Gasteiger partial charge in [0.15, 0.2) is 0 Å². The van der Waals surface area contributed by atoms with Gasteiger partial charge in [-0.3, -0.25) is 14.9 Å². The highest BCUT2D eigenvalue weighted by atomic mass is 16.4. The molecule has 0 bridgehead atoms. The zero-order valence-corrected chi connectivity index (χ0v) is 15.2. The summed E-state index contributed by atoms with van der Waals surface area (Å²) in [7, 11) is 0. The van der Waals surface area contributed by atoms with Crippen LogP contribution in [0.4, 0.5) is 0 Å². The molecule has 0 saturated carbocycles. The van der Waals surface area contributed by atoms with Crippen LogP contribution in [0.2, 0.25) is 0 Å². The number of aromatic nitrogens is 2. The molecule has 27 heavy (non-hydrogen) atoms. The Morgan fingerprint density at radius 3 is 2.00 bits per heavy atom. The first kappa shape index (κ1) is 18.7. The molecule has 0 unspecified atom stereocenters. The molecule has 0 atom stereocenters. The lowest BCUT2D eigenvalue weighted by molar-refractivity contribution is 0.0696. The molecular weight excluding hydrogens is 338 g/mol. The first-order valence-electron chi connectivity index (χ1n) is 9.05. The molecular formula is C22H23N3O2. The third-order valence-electron chi connectivity index (χ3n) is 4.40. The van der Waals surface area contributed by atoms with Crippen LogP contribution in [0, 0.1) is 0 Å². The SMILES string of the molecule is O=C(O)c1cccc(CN(CCc2ccccn2)CCc2ccccn2)c1. The van der Waals surface area contributed by atoms with Crippen molar-refractivity contribution in [2.24, 2.45) is 0 Å². The lowest BCUT2D eigenvalue weighted by Gasteiger charge is -2.22. The van der Waals surface area contributed by atoms with Gasteiger partial charge in [-0.05, 0) is 42.0 Å². The third-order valence-corrected chi connectivity index (χ3v) is 4.40. The Bertz CT molecular complexity index is 810. The van der Waals surface area contributed by atoms with Gasteiger partial charge in [-0.15, -0.1) is 0 Å². The van der Waals surface area contributed by atoms with Crippen molar-refractivity contribution < 1.29 is 9.90 Å². The number of benzene rings is 1. The number of nitrogens with zero attached hydrogens (tertiary/aromatic N) is 3. The molecule has 138 valence electrons. The molecule has 0 amide bonds. The zero-order chi connectivity index (χ0) is 18.9. The Kier molecular flexibility index (Phi) is 6.66. The second-order valence-corrected chi connectivity index (χ2v) is 6.42. The quantitative estimate of drug-likeness (QED) is 0.632. The largest absolute Gasteiger partial charge is 0.478 e. The first-order valence-corrected chi connectivity index (χ1v) is 9.05. The molecule has 0 aliphatic heterocycles. The van der Waals surface area contributed by atoms with Crippen LogP contribution in [-0.4, -0.2) is 39.0 Å². The van der Waals surface area contributed by atoms with Gasteiger partial charge in [0.1, 0.15) is 0 Å². The highest BCUT2D eigenvalue weighted by Crippen LogP contribution is 2.11. The van der Waals surface area contributed by atoms with E-state index in [2.05, 4.69) is 14.9 Å². The Morgan fingerprint density at radius 1 is 0.852 bits per heavy atom. The van der Waals surface area contributed by atoms with Gasteiger partial charge >= 0.3 is 5.97 Å². The number of aromatic carboxylic acids is 1. The van der Waals surface area contributed by atoms with Crippen LogP contribution in [0.5, 0.6) is 0 Å². The van der Waals surface area contributed by atoms with Gasteiger partial charge in [-0.2, -0.15) is 0 Å². The smallest absolute Gasteiger partial charge is 0.335 e. The maximum Gasteiger partial charge on any atom is 0.335 e. The molecule has 5 nitrogen and oxygen atoms in total. The van der Waals surface area contributed by atoms with E-state index in [4.69, 9.17) is 0 Å². The van der Waals surface area contributed by atoms with Gasteiger partial charge in [0.25, 0.3) is 0 Å². The summed E-state index contributed by atoms with van der Waals surface area (Å²) in [5.41, 5.74) is 3.43. The highest BCUT2D eigenvalue weighted by Gasteiger charge is 2.10. The number of hydrogen-bond acceptors (Lipinski definition) is 4. The molecule has 1 N–H and O–H groups in total. The summed E-state index contributed by atoms with van der Waals surface area (Å²) in [5, 5.41) is 9.22. The monoisotopic (exact) mass is 361 g/mol. The molecule has 5 heteroatoms. The predicted octanol–water partition coefficient (Wildman–Crippen LogP) is 3.46.